The van der Waals surface area contributed by atoms with Crippen LogP contribution < -0.4 is 5.32 Å². The molecule has 16 heavy (non-hydrogen) atoms. The summed E-state index contributed by atoms with van der Waals surface area (Å²) in [5.74, 6) is -0.996. The molecule has 0 saturated carbocycles. The summed E-state index contributed by atoms with van der Waals surface area (Å²) in [6.45, 7) is 3.09. The van der Waals surface area contributed by atoms with Crippen molar-refractivity contribution in [3.63, 3.8) is 0 Å². The summed E-state index contributed by atoms with van der Waals surface area (Å²) in [6.07, 6.45) is 0. The Hall–Kier alpha value is -1.71. The SMILES string of the molecule is CC(=O)NCC(C(C)=O)c1ccc(F)cc1. The second kappa shape index (κ2) is 5.39. The second-order valence-corrected chi connectivity index (χ2v) is 3.65. The number of halogens is 1. The molecule has 1 aromatic carbocycles. The highest BCUT2D eigenvalue weighted by Crippen LogP contribution is 2.16. The number of ketones is 1. The summed E-state index contributed by atoms with van der Waals surface area (Å²) in [5.41, 5.74) is 0.711. The zero-order valence-corrected chi connectivity index (χ0v) is 9.29. The first kappa shape index (κ1) is 12.4. The summed E-state index contributed by atoms with van der Waals surface area (Å²) < 4.78 is 12.7. The van der Waals surface area contributed by atoms with Gasteiger partial charge in [-0.2, -0.15) is 0 Å². The summed E-state index contributed by atoms with van der Waals surface area (Å²) in [7, 11) is 0. The number of rotatable bonds is 4. The maximum atomic E-state index is 12.7. The fourth-order valence-electron chi connectivity index (χ4n) is 1.44. The Labute approximate surface area is 93.7 Å². The molecule has 1 N–H and O–H groups in total. The van der Waals surface area contributed by atoms with E-state index in [0.717, 1.165) is 0 Å². The number of hydrogen-bond donors (Lipinski definition) is 1. The van der Waals surface area contributed by atoms with E-state index in [4.69, 9.17) is 0 Å². The largest absolute Gasteiger partial charge is 0.355 e. The molecule has 86 valence electrons. The molecule has 0 aliphatic rings. The van der Waals surface area contributed by atoms with Crippen molar-refractivity contribution in [3.8, 4) is 0 Å². The lowest BCUT2D eigenvalue weighted by Crippen LogP contribution is -2.29. The van der Waals surface area contributed by atoms with Crippen LogP contribution in [0.3, 0.4) is 0 Å². The fraction of sp³-hybridized carbons (Fsp3) is 0.333. The van der Waals surface area contributed by atoms with Crippen LogP contribution in [0.4, 0.5) is 4.39 Å². The van der Waals surface area contributed by atoms with Crippen LogP contribution in [-0.2, 0) is 9.59 Å². The van der Waals surface area contributed by atoms with Gasteiger partial charge in [0.15, 0.2) is 0 Å². The maximum Gasteiger partial charge on any atom is 0.216 e. The monoisotopic (exact) mass is 223 g/mol. The predicted molar refractivity (Wildman–Crippen MR) is 58.5 cm³/mol. The van der Waals surface area contributed by atoms with Gasteiger partial charge in [0.05, 0.1) is 5.92 Å². The Kier molecular flexibility index (Phi) is 4.17. The Morgan fingerprint density at radius 3 is 2.25 bits per heavy atom. The average Bonchev–Trinajstić information content (AvgIpc) is 2.20. The van der Waals surface area contributed by atoms with Gasteiger partial charge in [-0.05, 0) is 24.6 Å². The van der Waals surface area contributed by atoms with Gasteiger partial charge in [0, 0.05) is 13.5 Å². The van der Waals surface area contributed by atoms with E-state index in [-0.39, 0.29) is 24.1 Å². The minimum absolute atomic E-state index is 0.0552. The van der Waals surface area contributed by atoms with Gasteiger partial charge in [0.1, 0.15) is 11.6 Å². The van der Waals surface area contributed by atoms with Crippen molar-refractivity contribution in [1.29, 1.82) is 0 Å². The lowest BCUT2D eigenvalue weighted by atomic mass is 9.95. The van der Waals surface area contributed by atoms with Crippen LogP contribution in [0.5, 0.6) is 0 Å². The smallest absolute Gasteiger partial charge is 0.216 e. The molecule has 0 aliphatic heterocycles. The number of nitrogens with one attached hydrogen (secondary N) is 1. The van der Waals surface area contributed by atoms with Crippen LogP contribution in [0.15, 0.2) is 24.3 Å². The molecular weight excluding hydrogens is 209 g/mol. The van der Waals surface area contributed by atoms with E-state index in [9.17, 15) is 14.0 Å². The van der Waals surface area contributed by atoms with Gasteiger partial charge < -0.3 is 5.32 Å². The second-order valence-electron chi connectivity index (χ2n) is 3.65. The van der Waals surface area contributed by atoms with E-state index in [2.05, 4.69) is 5.32 Å². The quantitative estimate of drug-likeness (QED) is 0.843. The highest BCUT2D eigenvalue weighted by atomic mass is 19.1. The first-order chi connectivity index (χ1) is 7.50. The van der Waals surface area contributed by atoms with E-state index in [1.54, 1.807) is 12.1 Å². The summed E-state index contributed by atoms with van der Waals surface area (Å²) in [4.78, 5) is 22.2. The summed E-state index contributed by atoms with van der Waals surface area (Å²) >= 11 is 0. The third-order valence-electron chi connectivity index (χ3n) is 2.32. The van der Waals surface area contributed by atoms with Crippen molar-refractivity contribution in [2.75, 3.05) is 6.54 Å². The van der Waals surface area contributed by atoms with Crippen molar-refractivity contribution in [2.45, 2.75) is 19.8 Å². The predicted octanol–water partition coefficient (Wildman–Crippen LogP) is 1.63. The van der Waals surface area contributed by atoms with Gasteiger partial charge >= 0.3 is 0 Å². The molecule has 1 aromatic rings. The first-order valence-corrected chi connectivity index (χ1v) is 5.01. The Bertz CT molecular complexity index is 387. The molecule has 0 aromatic heterocycles. The van der Waals surface area contributed by atoms with Crippen LogP contribution >= 0.6 is 0 Å². The van der Waals surface area contributed by atoms with Gasteiger partial charge in [-0.1, -0.05) is 12.1 Å². The Morgan fingerprint density at radius 2 is 1.81 bits per heavy atom. The van der Waals surface area contributed by atoms with Crippen molar-refractivity contribution in [3.05, 3.63) is 35.6 Å². The summed E-state index contributed by atoms with van der Waals surface area (Å²) in [6, 6.07) is 5.73. The normalized spacial score (nSPS) is 11.9. The minimum atomic E-state index is -0.413. The third-order valence-corrected chi connectivity index (χ3v) is 2.32. The van der Waals surface area contributed by atoms with Crippen molar-refractivity contribution >= 4 is 11.7 Å². The van der Waals surface area contributed by atoms with Gasteiger partial charge in [-0.15, -0.1) is 0 Å². The standard InChI is InChI=1S/C12H14FNO2/c1-8(15)12(7-14-9(2)16)10-3-5-11(13)6-4-10/h3-6,12H,7H2,1-2H3,(H,14,16). The van der Waals surface area contributed by atoms with Gasteiger partial charge in [-0.25, -0.2) is 4.39 Å². The molecule has 0 spiro atoms. The number of carbonyl (C=O) groups is 2. The number of Topliss-reactive ketones (excluding diaryl/α,β-unsaturated/α-hetero) is 1. The van der Waals surface area contributed by atoms with Crippen LogP contribution in [0, 0.1) is 5.82 Å². The van der Waals surface area contributed by atoms with Crippen LogP contribution in [0.2, 0.25) is 0 Å². The van der Waals surface area contributed by atoms with E-state index in [1.165, 1.54) is 26.0 Å². The summed E-state index contributed by atoms with van der Waals surface area (Å²) in [5, 5.41) is 2.59. The van der Waals surface area contributed by atoms with E-state index in [0.29, 0.717) is 5.56 Å². The highest BCUT2D eigenvalue weighted by molar-refractivity contribution is 5.84. The van der Waals surface area contributed by atoms with Gasteiger partial charge in [-0.3, -0.25) is 9.59 Å². The van der Waals surface area contributed by atoms with Crippen LogP contribution in [-0.4, -0.2) is 18.2 Å². The van der Waals surface area contributed by atoms with Gasteiger partial charge in [0.25, 0.3) is 0 Å². The number of amides is 1. The molecule has 1 unspecified atom stereocenters. The molecule has 4 heteroatoms. The van der Waals surface area contributed by atoms with E-state index in [1.807, 2.05) is 0 Å². The molecular formula is C12H14FNO2. The Morgan fingerprint density at radius 1 is 1.25 bits per heavy atom. The zero-order valence-electron chi connectivity index (χ0n) is 9.29. The highest BCUT2D eigenvalue weighted by Gasteiger charge is 2.16. The molecule has 3 nitrogen and oxygen atoms in total. The molecule has 0 bridgehead atoms. The lowest BCUT2D eigenvalue weighted by Gasteiger charge is -2.14. The zero-order chi connectivity index (χ0) is 12.1. The molecule has 0 heterocycles. The fourth-order valence-corrected chi connectivity index (χ4v) is 1.44. The maximum absolute atomic E-state index is 12.7. The third kappa shape index (κ3) is 3.46. The molecule has 0 aliphatic carbocycles. The molecule has 1 atom stereocenters. The van der Waals surface area contributed by atoms with Crippen LogP contribution in [0.1, 0.15) is 25.3 Å². The topological polar surface area (TPSA) is 46.2 Å². The molecule has 0 saturated heterocycles. The lowest BCUT2D eigenvalue weighted by molar-refractivity contribution is -0.120. The average molecular weight is 223 g/mol. The minimum Gasteiger partial charge on any atom is -0.355 e. The molecule has 1 amide bonds. The van der Waals surface area contributed by atoms with E-state index >= 15 is 0 Å². The number of hydrogen-bond acceptors (Lipinski definition) is 2. The molecule has 0 radical (unpaired) electrons. The van der Waals surface area contributed by atoms with Gasteiger partial charge in [0.2, 0.25) is 5.91 Å². The van der Waals surface area contributed by atoms with Crippen molar-refractivity contribution < 1.29 is 14.0 Å². The number of benzene rings is 1. The van der Waals surface area contributed by atoms with Crippen LogP contribution in [0.25, 0.3) is 0 Å². The van der Waals surface area contributed by atoms with E-state index < -0.39 is 5.92 Å². The van der Waals surface area contributed by atoms with Crippen molar-refractivity contribution in [2.24, 2.45) is 0 Å². The number of carbonyl (C=O) groups excluding carboxylic acids is 2. The van der Waals surface area contributed by atoms with Crippen molar-refractivity contribution in [1.82, 2.24) is 5.32 Å². The molecule has 0 fully saturated rings. The Balaban J connectivity index is 2.81. The molecule has 1 rings (SSSR count). The first-order valence-electron chi connectivity index (χ1n) is 5.01.